The van der Waals surface area contributed by atoms with Gasteiger partial charge >= 0.3 is 13.3 Å². The molecule has 10 heteroatoms. The van der Waals surface area contributed by atoms with E-state index in [9.17, 15) is 32.0 Å². The van der Waals surface area contributed by atoms with Gasteiger partial charge in [-0.1, -0.05) is 0 Å². The third kappa shape index (κ3) is 3.94. The van der Waals surface area contributed by atoms with E-state index in [4.69, 9.17) is 0 Å². The van der Waals surface area contributed by atoms with Crippen LogP contribution in [0.5, 0.6) is 0 Å². The Kier molecular flexibility index (Phi) is 4.78. The molecule has 0 amide bonds. The van der Waals surface area contributed by atoms with Crippen molar-refractivity contribution in [1.29, 1.82) is 0 Å². The summed E-state index contributed by atoms with van der Waals surface area (Å²) in [5.74, 6) is -4.78. The minimum absolute atomic E-state index is 0.0327. The molecule has 0 atom stereocenters. The van der Waals surface area contributed by atoms with Gasteiger partial charge in [-0.15, -0.1) is 0 Å². The van der Waals surface area contributed by atoms with Gasteiger partial charge in [-0.2, -0.15) is 13.2 Å². The number of aromatic nitrogens is 2. The van der Waals surface area contributed by atoms with Gasteiger partial charge in [-0.25, -0.2) is 18.7 Å². The number of hydrogen-bond acceptors (Lipinski definition) is 4. The van der Waals surface area contributed by atoms with Crippen molar-refractivity contribution >= 4 is 12.6 Å². The fourth-order valence-electron chi connectivity index (χ4n) is 3.68. The molecule has 1 aromatic rings. The van der Waals surface area contributed by atoms with Gasteiger partial charge in [-0.3, -0.25) is 0 Å². The highest BCUT2D eigenvalue weighted by molar-refractivity contribution is 6.59. The summed E-state index contributed by atoms with van der Waals surface area (Å²) in [4.78, 5) is 8.20. The molecule has 1 aromatic heterocycles. The monoisotopic (exact) mass is 364 g/mol. The lowest BCUT2D eigenvalue weighted by Gasteiger charge is -2.35. The number of rotatable bonds is 3. The maximum Gasteiger partial charge on any atom is 0.491 e. The summed E-state index contributed by atoms with van der Waals surface area (Å²) in [5, 5.41) is 19.0. The van der Waals surface area contributed by atoms with Gasteiger partial charge < -0.3 is 10.0 Å². The topological polar surface area (TPSA) is 66.2 Å². The first-order chi connectivity index (χ1) is 11.6. The first-order valence-corrected chi connectivity index (χ1v) is 8.24. The first-order valence-electron chi connectivity index (χ1n) is 8.24. The Morgan fingerprint density at radius 1 is 1.04 bits per heavy atom. The van der Waals surface area contributed by atoms with Crippen LogP contribution in [0.4, 0.5) is 22.0 Å². The molecule has 0 radical (unpaired) electrons. The fourth-order valence-corrected chi connectivity index (χ4v) is 3.68. The van der Waals surface area contributed by atoms with Crippen molar-refractivity contribution in [1.82, 2.24) is 9.97 Å². The van der Waals surface area contributed by atoms with Gasteiger partial charge in [0.15, 0.2) is 0 Å². The summed E-state index contributed by atoms with van der Waals surface area (Å²) < 4.78 is 64.5. The molecule has 0 saturated heterocycles. The van der Waals surface area contributed by atoms with E-state index in [2.05, 4.69) is 9.97 Å². The van der Waals surface area contributed by atoms with Crippen molar-refractivity contribution in [2.75, 3.05) is 0 Å². The fraction of sp³-hybridized carbons (Fsp3) is 0.733. The molecule has 2 saturated carbocycles. The lowest BCUT2D eigenvalue weighted by molar-refractivity contribution is -0.182. The van der Waals surface area contributed by atoms with E-state index < -0.39 is 31.1 Å². The molecule has 2 aliphatic carbocycles. The molecular formula is C15H18BF5N2O2. The number of hydrogen-bond donors (Lipinski definition) is 2. The zero-order valence-electron chi connectivity index (χ0n) is 13.3. The van der Waals surface area contributed by atoms with Gasteiger partial charge in [0.05, 0.1) is 5.92 Å². The summed E-state index contributed by atoms with van der Waals surface area (Å²) in [5.41, 5.74) is 0.307. The number of alkyl halides is 5. The van der Waals surface area contributed by atoms with E-state index in [-0.39, 0.29) is 61.4 Å². The summed E-state index contributed by atoms with van der Waals surface area (Å²) in [6.45, 7) is 0. The Balaban J connectivity index is 1.79. The average molecular weight is 364 g/mol. The van der Waals surface area contributed by atoms with Crippen molar-refractivity contribution in [2.45, 2.75) is 62.5 Å². The Morgan fingerprint density at radius 3 is 2.12 bits per heavy atom. The van der Waals surface area contributed by atoms with Gasteiger partial charge in [0.25, 0.3) is 0 Å². The molecule has 0 aromatic carbocycles. The molecule has 2 N–H and O–H groups in total. The predicted molar refractivity (Wildman–Crippen MR) is 79.5 cm³/mol. The largest absolute Gasteiger partial charge is 0.491 e. The average Bonchev–Trinajstić information content (AvgIpc) is 2.51. The summed E-state index contributed by atoms with van der Waals surface area (Å²) >= 11 is 0. The highest BCUT2D eigenvalue weighted by Crippen LogP contribution is 2.47. The van der Waals surface area contributed by atoms with Crippen LogP contribution < -0.4 is 5.46 Å². The maximum absolute atomic E-state index is 13.0. The lowest BCUT2D eigenvalue weighted by atomic mass is 9.72. The van der Waals surface area contributed by atoms with Crippen molar-refractivity contribution in [3.63, 3.8) is 0 Å². The summed E-state index contributed by atoms with van der Waals surface area (Å²) in [6.07, 6.45) is -3.48. The first kappa shape index (κ1) is 18.5. The van der Waals surface area contributed by atoms with Crippen LogP contribution >= 0.6 is 0 Å². The summed E-state index contributed by atoms with van der Waals surface area (Å²) in [6, 6.07) is 0. The SMILES string of the molecule is OB(O)c1cnc(C2CC(F)(F)C2)nc1C1CCC(C(F)(F)F)CC1. The molecule has 0 bridgehead atoms. The zero-order valence-corrected chi connectivity index (χ0v) is 13.3. The molecule has 25 heavy (non-hydrogen) atoms. The van der Waals surface area contributed by atoms with Crippen LogP contribution in [0.2, 0.25) is 0 Å². The van der Waals surface area contributed by atoms with E-state index in [0.29, 0.717) is 0 Å². The van der Waals surface area contributed by atoms with Crippen LogP contribution in [0.15, 0.2) is 6.20 Å². The third-order valence-electron chi connectivity index (χ3n) is 5.18. The molecule has 0 aliphatic heterocycles. The lowest BCUT2D eigenvalue weighted by Crippen LogP contribution is -2.39. The van der Waals surface area contributed by atoms with Crippen molar-refractivity contribution in [3.8, 4) is 0 Å². The van der Waals surface area contributed by atoms with Crippen LogP contribution in [0.25, 0.3) is 0 Å². The van der Waals surface area contributed by atoms with Crippen LogP contribution in [0.1, 0.15) is 61.9 Å². The van der Waals surface area contributed by atoms with Crippen LogP contribution in [0.3, 0.4) is 0 Å². The van der Waals surface area contributed by atoms with E-state index in [0.717, 1.165) is 0 Å². The highest BCUT2D eigenvalue weighted by Gasteiger charge is 2.48. The highest BCUT2D eigenvalue weighted by atomic mass is 19.4. The smallest absolute Gasteiger partial charge is 0.423 e. The van der Waals surface area contributed by atoms with Crippen LogP contribution in [0, 0.1) is 5.92 Å². The van der Waals surface area contributed by atoms with Crippen LogP contribution in [-0.4, -0.2) is 39.2 Å². The Morgan fingerprint density at radius 2 is 1.64 bits per heavy atom. The van der Waals surface area contributed by atoms with Crippen molar-refractivity contribution in [2.24, 2.45) is 5.92 Å². The zero-order chi connectivity index (χ0) is 18.4. The molecule has 1 heterocycles. The minimum Gasteiger partial charge on any atom is -0.423 e. The van der Waals surface area contributed by atoms with Gasteiger partial charge in [0, 0.05) is 42.0 Å². The van der Waals surface area contributed by atoms with Gasteiger partial charge in [-0.05, 0) is 25.7 Å². The predicted octanol–water partition coefficient (Wildman–Crippen LogP) is 2.51. The van der Waals surface area contributed by atoms with E-state index >= 15 is 0 Å². The second-order valence-electron chi connectivity index (χ2n) is 6.99. The normalized spacial score (nSPS) is 27.0. The molecule has 0 spiro atoms. The standard InChI is InChI=1S/C15H18BF5N2O2/c17-14(18)5-9(6-14)13-22-7-11(16(24)25)12(23-13)8-1-3-10(4-2-8)15(19,20)21/h7-10,24-25H,1-6H2. The van der Waals surface area contributed by atoms with E-state index in [1.807, 2.05) is 0 Å². The molecule has 138 valence electrons. The minimum atomic E-state index is -4.24. The maximum atomic E-state index is 13.0. The molecule has 4 nitrogen and oxygen atoms in total. The quantitative estimate of drug-likeness (QED) is 0.639. The van der Waals surface area contributed by atoms with Crippen molar-refractivity contribution in [3.05, 3.63) is 17.7 Å². The summed E-state index contributed by atoms with van der Waals surface area (Å²) in [7, 11) is -1.85. The second kappa shape index (κ2) is 6.46. The molecule has 2 fully saturated rings. The Hall–Kier alpha value is -1.29. The van der Waals surface area contributed by atoms with Crippen molar-refractivity contribution < 1.29 is 32.0 Å². The molecular weight excluding hydrogens is 346 g/mol. The number of halogens is 5. The second-order valence-corrected chi connectivity index (χ2v) is 6.99. The van der Waals surface area contributed by atoms with Crippen LogP contribution in [-0.2, 0) is 0 Å². The molecule has 0 unspecified atom stereocenters. The van der Waals surface area contributed by atoms with Gasteiger partial charge in [0.2, 0.25) is 5.92 Å². The third-order valence-corrected chi connectivity index (χ3v) is 5.18. The Labute approximate surface area is 141 Å². The number of nitrogens with zero attached hydrogens (tertiary/aromatic N) is 2. The Bertz CT molecular complexity index is 625. The molecule has 3 rings (SSSR count). The van der Waals surface area contributed by atoms with E-state index in [1.54, 1.807) is 0 Å². The molecule has 2 aliphatic rings. The van der Waals surface area contributed by atoms with Gasteiger partial charge in [0.1, 0.15) is 5.82 Å². The van der Waals surface area contributed by atoms with E-state index in [1.165, 1.54) is 6.20 Å².